The van der Waals surface area contributed by atoms with Crippen LogP contribution in [0.4, 0.5) is 5.69 Å². The summed E-state index contributed by atoms with van der Waals surface area (Å²) in [7, 11) is 1.49. The predicted octanol–water partition coefficient (Wildman–Crippen LogP) is 6.42. The molecule has 0 atom stereocenters. The fraction of sp³-hybridized carbons (Fsp3) is 0.321. The molecule has 3 aromatic rings. The maximum Gasteiger partial charge on any atom is 0.341 e. The molecule has 2 heterocycles. The van der Waals surface area contributed by atoms with Gasteiger partial charge in [-0.1, -0.05) is 11.6 Å². The van der Waals surface area contributed by atoms with E-state index >= 15 is 0 Å². The number of nitrogens with one attached hydrogen (secondary N) is 1. The number of methoxy groups -OCH3 is 1. The molecule has 0 bridgehead atoms. The molecule has 0 spiro atoms. The molecule has 0 unspecified atom stereocenters. The first kappa shape index (κ1) is 26.5. The normalized spacial score (nSPS) is 13.0. The average Bonchev–Trinajstić information content (AvgIpc) is 3.38. The van der Waals surface area contributed by atoms with E-state index in [-0.39, 0.29) is 11.5 Å². The van der Waals surface area contributed by atoms with Gasteiger partial charge in [-0.15, -0.1) is 11.3 Å². The Balaban J connectivity index is 1.74. The van der Waals surface area contributed by atoms with Gasteiger partial charge in [0.25, 0.3) is 5.91 Å². The highest BCUT2D eigenvalue weighted by Gasteiger charge is 2.29. The van der Waals surface area contributed by atoms with Crippen LogP contribution in [0.15, 0.2) is 29.8 Å². The minimum absolute atomic E-state index is 0.0710. The van der Waals surface area contributed by atoms with Gasteiger partial charge in [-0.05, 0) is 87.9 Å². The van der Waals surface area contributed by atoms with Crippen molar-refractivity contribution < 1.29 is 19.1 Å². The third-order valence-electron chi connectivity index (χ3n) is 6.38. The number of benzene rings is 1. The minimum Gasteiger partial charge on any atom is -0.495 e. The number of carbonyl (C=O) groups is 2. The van der Waals surface area contributed by atoms with Gasteiger partial charge in [0.2, 0.25) is 0 Å². The van der Waals surface area contributed by atoms with E-state index in [9.17, 15) is 14.9 Å². The first-order valence-corrected chi connectivity index (χ1v) is 13.3. The first-order chi connectivity index (χ1) is 17.8. The second-order valence-corrected chi connectivity index (χ2v) is 10.3. The summed E-state index contributed by atoms with van der Waals surface area (Å²) in [6.07, 6.45) is 5.51. The number of hydrogen-bond donors (Lipinski definition) is 1. The molecule has 4 rings (SSSR count). The molecule has 0 aliphatic heterocycles. The van der Waals surface area contributed by atoms with E-state index < -0.39 is 5.91 Å². The molecule has 1 N–H and O–H groups in total. The molecular weight excluding hydrogens is 510 g/mol. The second kappa shape index (κ2) is 11.2. The van der Waals surface area contributed by atoms with Crippen molar-refractivity contribution in [1.82, 2.24) is 4.57 Å². The second-order valence-electron chi connectivity index (χ2n) is 8.74. The van der Waals surface area contributed by atoms with Crippen LogP contribution in [0.5, 0.6) is 5.75 Å². The molecule has 7 nitrogen and oxygen atoms in total. The van der Waals surface area contributed by atoms with E-state index in [4.69, 9.17) is 21.1 Å². The summed E-state index contributed by atoms with van der Waals surface area (Å²) in [5.41, 5.74) is 4.44. The number of esters is 1. The number of carbonyl (C=O) groups excluding carboxylic acids is 2. The Kier molecular flexibility index (Phi) is 8.06. The van der Waals surface area contributed by atoms with Crippen molar-refractivity contribution in [1.29, 1.82) is 5.26 Å². The number of rotatable bonds is 7. The van der Waals surface area contributed by atoms with Gasteiger partial charge in [0.05, 0.1) is 25.0 Å². The van der Waals surface area contributed by atoms with Crippen molar-refractivity contribution in [2.45, 2.75) is 46.5 Å². The van der Waals surface area contributed by atoms with Crippen LogP contribution in [0.3, 0.4) is 0 Å². The quantitative estimate of drug-likeness (QED) is 0.213. The lowest BCUT2D eigenvalue weighted by molar-refractivity contribution is -0.112. The molecule has 1 aromatic carbocycles. The minimum atomic E-state index is -0.577. The number of aryl methyl sites for hydroxylation is 2. The summed E-state index contributed by atoms with van der Waals surface area (Å²) in [5.74, 6) is -0.456. The highest BCUT2D eigenvalue weighted by molar-refractivity contribution is 7.15. The number of aromatic nitrogens is 1. The van der Waals surface area contributed by atoms with Crippen LogP contribution < -0.4 is 10.1 Å². The van der Waals surface area contributed by atoms with Crippen molar-refractivity contribution in [3.05, 3.63) is 67.8 Å². The van der Waals surface area contributed by atoms with Gasteiger partial charge in [-0.3, -0.25) is 4.79 Å². The van der Waals surface area contributed by atoms with E-state index in [0.717, 1.165) is 47.6 Å². The number of hydrogen-bond acceptors (Lipinski definition) is 6. The zero-order chi connectivity index (χ0) is 26.7. The van der Waals surface area contributed by atoms with Crippen molar-refractivity contribution in [2.24, 2.45) is 0 Å². The molecule has 37 heavy (non-hydrogen) atoms. The fourth-order valence-electron chi connectivity index (χ4n) is 4.64. The van der Waals surface area contributed by atoms with Crippen molar-refractivity contribution >= 4 is 46.6 Å². The summed E-state index contributed by atoms with van der Waals surface area (Å²) in [6.45, 7) is 5.97. The van der Waals surface area contributed by atoms with Gasteiger partial charge in [-0.2, -0.15) is 5.26 Å². The molecule has 0 saturated carbocycles. The number of thiophene rings is 1. The monoisotopic (exact) mass is 537 g/mol. The Morgan fingerprint density at radius 2 is 2.00 bits per heavy atom. The lowest BCUT2D eigenvalue weighted by atomic mass is 9.95. The number of amides is 1. The Hall–Kier alpha value is -3.54. The first-order valence-electron chi connectivity index (χ1n) is 12.1. The van der Waals surface area contributed by atoms with Crippen LogP contribution >= 0.6 is 22.9 Å². The van der Waals surface area contributed by atoms with E-state index in [1.165, 1.54) is 12.0 Å². The molecule has 1 aliphatic rings. The molecule has 0 radical (unpaired) electrons. The molecule has 192 valence electrons. The molecule has 2 aromatic heterocycles. The van der Waals surface area contributed by atoms with Crippen LogP contribution in [0.2, 0.25) is 5.02 Å². The number of nitrogens with zero attached hydrogens (tertiary/aromatic N) is 2. The summed E-state index contributed by atoms with van der Waals surface area (Å²) in [5, 5.41) is 13.8. The van der Waals surface area contributed by atoms with Crippen LogP contribution in [0.25, 0.3) is 11.1 Å². The summed E-state index contributed by atoms with van der Waals surface area (Å²) >= 11 is 7.69. The van der Waals surface area contributed by atoms with Crippen LogP contribution in [-0.2, 0) is 22.4 Å². The third-order valence-corrected chi connectivity index (χ3v) is 7.89. The summed E-state index contributed by atoms with van der Waals surface area (Å²) in [6, 6.07) is 8.77. The van der Waals surface area contributed by atoms with E-state index in [1.54, 1.807) is 42.5 Å². The summed E-state index contributed by atoms with van der Waals surface area (Å²) in [4.78, 5) is 27.2. The average molecular weight is 538 g/mol. The van der Waals surface area contributed by atoms with Crippen molar-refractivity contribution in [3.63, 3.8) is 0 Å². The Bertz CT molecular complexity index is 1440. The van der Waals surface area contributed by atoms with Gasteiger partial charge >= 0.3 is 5.97 Å². The number of anilines is 1. The van der Waals surface area contributed by atoms with Gasteiger partial charge < -0.3 is 19.4 Å². The number of fused-ring (bicyclic) bond motifs is 1. The van der Waals surface area contributed by atoms with E-state index in [2.05, 4.69) is 5.32 Å². The largest absolute Gasteiger partial charge is 0.495 e. The van der Waals surface area contributed by atoms with Crippen LogP contribution in [-0.4, -0.2) is 30.2 Å². The molecule has 1 amide bonds. The zero-order valence-electron chi connectivity index (χ0n) is 21.2. The third kappa shape index (κ3) is 5.29. The predicted molar refractivity (Wildman–Crippen MR) is 146 cm³/mol. The van der Waals surface area contributed by atoms with Gasteiger partial charge in [0.15, 0.2) is 0 Å². The van der Waals surface area contributed by atoms with Crippen molar-refractivity contribution in [2.75, 3.05) is 19.0 Å². The molecule has 1 aliphatic carbocycles. The number of halogens is 1. The molecule has 0 saturated heterocycles. The Morgan fingerprint density at radius 1 is 1.24 bits per heavy atom. The Morgan fingerprint density at radius 3 is 2.70 bits per heavy atom. The van der Waals surface area contributed by atoms with Gasteiger partial charge in [0.1, 0.15) is 22.4 Å². The SMILES string of the molecule is CCOC(=O)c1c(-n2c(C)cc(/C=C(\C#N)C(=O)Nc3cc(Cl)ccc3OC)c2C)sc2c1CCCC2. The maximum absolute atomic E-state index is 13.0. The molecule has 9 heteroatoms. The van der Waals surface area contributed by atoms with Gasteiger partial charge in [0, 0.05) is 21.3 Å². The highest BCUT2D eigenvalue weighted by Crippen LogP contribution is 2.39. The zero-order valence-corrected chi connectivity index (χ0v) is 22.8. The smallest absolute Gasteiger partial charge is 0.341 e. The highest BCUT2D eigenvalue weighted by atomic mass is 35.5. The fourth-order valence-corrected chi connectivity index (χ4v) is 6.30. The van der Waals surface area contributed by atoms with E-state index in [0.29, 0.717) is 34.2 Å². The maximum atomic E-state index is 13.0. The lowest BCUT2D eigenvalue weighted by Gasteiger charge is -2.13. The molecular formula is C28H28ClN3O4S. The number of ether oxygens (including phenoxy) is 2. The standard InChI is InChI=1S/C28H28ClN3O4S/c1-5-36-28(34)25-21-8-6-7-9-24(21)37-27(25)32-16(2)12-18(17(32)3)13-19(15-30)26(33)31-22-14-20(29)10-11-23(22)35-4/h10-14H,5-9H2,1-4H3,(H,31,33)/b19-13+. The van der Waals surface area contributed by atoms with Crippen molar-refractivity contribution in [3.8, 4) is 16.8 Å². The Labute approximate surface area is 225 Å². The number of nitriles is 1. The molecule has 0 fully saturated rings. The van der Waals surface area contributed by atoms with E-state index in [1.807, 2.05) is 30.6 Å². The van der Waals surface area contributed by atoms with Crippen LogP contribution in [0, 0.1) is 25.2 Å². The van der Waals surface area contributed by atoms with Gasteiger partial charge in [-0.25, -0.2) is 4.79 Å². The topological polar surface area (TPSA) is 93.4 Å². The lowest BCUT2D eigenvalue weighted by Crippen LogP contribution is -2.14. The van der Waals surface area contributed by atoms with Crippen LogP contribution in [0.1, 0.15) is 57.5 Å². The summed E-state index contributed by atoms with van der Waals surface area (Å²) < 4.78 is 12.7.